The zero-order valence-corrected chi connectivity index (χ0v) is 14.2. The summed E-state index contributed by atoms with van der Waals surface area (Å²) >= 11 is 0. The van der Waals surface area contributed by atoms with Gasteiger partial charge in [-0.3, -0.25) is 14.6 Å². The number of likely N-dealkylation sites (tertiary alicyclic amines) is 1. The molecule has 3 aliphatic rings. The van der Waals surface area contributed by atoms with Crippen molar-refractivity contribution in [2.45, 2.75) is 68.8 Å². The number of nitrogens with one attached hydrogen (secondary N) is 1. The molecule has 2 bridgehead atoms. The Bertz CT molecular complexity index is 381. The average Bonchev–Trinajstić information content (AvgIpc) is 3.03. The van der Waals surface area contributed by atoms with Gasteiger partial charge in [-0.15, -0.1) is 0 Å². The predicted octanol–water partition coefficient (Wildman–Crippen LogP) is 0.200. The van der Waals surface area contributed by atoms with Gasteiger partial charge in [0.1, 0.15) is 0 Å². The van der Waals surface area contributed by atoms with E-state index in [-0.39, 0.29) is 6.10 Å². The van der Waals surface area contributed by atoms with Crippen LogP contribution in [0.2, 0.25) is 0 Å². The zero-order chi connectivity index (χ0) is 16.2. The van der Waals surface area contributed by atoms with Crippen LogP contribution in [0.15, 0.2) is 0 Å². The SMILES string of the molecule is COC[C@@H]1CCCN1CC(O)CN1[C@@H]2CC[C@H]1CC(NC=O)C2. The molecule has 6 nitrogen and oxygen atoms in total. The van der Waals surface area contributed by atoms with Gasteiger partial charge in [0.15, 0.2) is 0 Å². The first-order valence-corrected chi connectivity index (χ1v) is 9.07. The third-order valence-corrected chi connectivity index (χ3v) is 5.91. The topological polar surface area (TPSA) is 65.0 Å². The second-order valence-corrected chi connectivity index (χ2v) is 7.43. The van der Waals surface area contributed by atoms with Gasteiger partial charge in [-0.1, -0.05) is 0 Å². The molecule has 3 saturated heterocycles. The molecule has 3 fully saturated rings. The Morgan fingerprint density at radius 1 is 1.26 bits per heavy atom. The first-order valence-electron chi connectivity index (χ1n) is 9.07. The predicted molar refractivity (Wildman–Crippen MR) is 88.2 cm³/mol. The van der Waals surface area contributed by atoms with E-state index >= 15 is 0 Å². The van der Waals surface area contributed by atoms with Crippen molar-refractivity contribution in [2.75, 3.05) is 33.4 Å². The van der Waals surface area contributed by atoms with Crippen LogP contribution in [0, 0.1) is 0 Å². The lowest BCUT2D eigenvalue weighted by atomic mass is 9.97. The van der Waals surface area contributed by atoms with Gasteiger partial charge < -0.3 is 15.2 Å². The number of carbonyl (C=O) groups excluding carboxylic acids is 1. The third kappa shape index (κ3) is 4.05. The first-order chi connectivity index (χ1) is 11.2. The maximum absolute atomic E-state index is 10.7. The van der Waals surface area contributed by atoms with E-state index in [1.54, 1.807) is 7.11 Å². The van der Waals surface area contributed by atoms with Crippen LogP contribution in [0.4, 0.5) is 0 Å². The molecule has 0 spiro atoms. The molecule has 3 heterocycles. The molecule has 0 radical (unpaired) electrons. The number of fused-ring (bicyclic) bond motifs is 2. The van der Waals surface area contributed by atoms with Crippen LogP contribution in [0.3, 0.4) is 0 Å². The Balaban J connectivity index is 1.49. The van der Waals surface area contributed by atoms with Crippen LogP contribution in [0.1, 0.15) is 38.5 Å². The van der Waals surface area contributed by atoms with E-state index in [9.17, 15) is 9.90 Å². The normalized spacial score (nSPS) is 36.3. The second-order valence-electron chi connectivity index (χ2n) is 7.43. The van der Waals surface area contributed by atoms with Crippen molar-refractivity contribution < 1.29 is 14.6 Å². The lowest BCUT2D eigenvalue weighted by Gasteiger charge is -2.40. The molecular weight excluding hydrogens is 294 g/mol. The summed E-state index contributed by atoms with van der Waals surface area (Å²) in [5.74, 6) is 0. The molecule has 2 unspecified atom stereocenters. The minimum Gasteiger partial charge on any atom is -0.390 e. The fraction of sp³-hybridized carbons (Fsp3) is 0.941. The van der Waals surface area contributed by atoms with Gasteiger partial charge >= 0.3 is 0 Å². The number of nitrogens with zero attached hydrogens (tertiary/aromatic N) is 2. The first kappa shape index (κ1) is 17.1. The standard InChI is InChI=1S/C17H31N3O3/c1-23-11-16-3-2-6-19(16)9-17(22)10-20-14-4-5-15(20)8-13(7-14)18-12-21/h12-17,22H,2-11H2,1H3,(H,18,21)/t13?,14-,15+,16-,17?/m0/s1. The van der Waals surface area contributed by atoms with Crippen LogP contribution < -0.4 is 5.32 Å². The number of aliphatic hydroxyl groups is 1. The molecule has 23 heavy (non-hydrogen) atoms. The van der Waals surface area contributed by atoms with E-state index in [2.05, 4.69) is 15.1 Å². The lowest BCUT2D eigenvalue weighted by molar-refractivity contribution is -0.110. The van der Waals surface area contributed by atoms with Crippen molar-refractivity contribution in [3.8, 4) is 0 Å². The summed E-state index contributed by atoms with van der Waals surface area (Å²) in [7, 11) is 1.75. The molecule has 0 aromatic heterocycles. The van der Waals surface area contributed by atoms with Gasteiger partial charge in [-0.05, 0) is 45.1 Å². The Morgan fingerprint density at radius 2 is 2.00 bits per heavy atom. The third-order valence-electron chi connectivity index (χ3n) is 5.91. The maximum Gasteiger partial charge on any atom is 0.207 e. The van der Waals surface area contributed by atoms with Gasteiger partial charge in [0.2, 0.25) is 6.41 Å². The molecule has 0 aromatic rings. The fourth-order valence-electron chi connectivity index (χ4n) is 4.89. The number of rotatable bonds is 8. The smallest absolute Gasteiger partial charge is 0.207 e. The van der Waals surface area contributed by atoms with Crippen LogP contribution in [0.5, 0.6) is 0 Å². The van der Waals surface area contributed by atoms with Crippen molar-refractivity contribution in [1.29, 1.82) is 0 Å². The molecule has 3 rings (SSSR count). The molecular formula is C17H31N3O3. The van der Waals surface area contributed by atoms with E-state index in [1.165, 1.54) is 25.7 Å². The van der Waals surface area contributed by atoms with Gasteiger partial charge in [-0.2, -0.15) is 0 Å². The van der Waals surface area contributed by atoms with Crippen LogP contribution in [-0.2, 0) is 9.53 Å². The van der Waals surface area contributed by atoms with Crippen LogP contribution >= 0.6 is 0 Å². The molecule has 0 saturated carbocycles. The Morgan fingerprint density at radius 3 is 2.65 bits per heavy atom. The van der Waals surface area contributed by atoms with E-state index < -0.39 is 0 Å². The minimum absolute atomic E-state index is 0.300. The van der Waals surface area contributed by atoms with Crippen molar-refractivity contribution in [2.24, 2.45) is 0 Å². The molecule has 5 atom stereocenters. The Labute approximate surface area is 139 Å². The van der Waals surface area contributed by atoms with E-state index in [1.807, 2.05) is 0 Å². The van der Waals surface area contributed by atoms with Crippen molar-refractivity contribution in [3.05, 3.63) is 0 Å². The molecule has 1 amide bonds. The number of β-amino-alcohol motifs (C(OH)–C–C–N with tert-alkyl or cyclic N) is 1. The van der Waals surface area contributed by atoms with E-state index in [4.69, 9.17) is 4.74 Å². The van der Waals surface area contributed by atoms with Crippen molar-refractivity contribution in [3.63, 3.8) is 0 Å². The van der Waals surface area contributed by atoms with E-state index in [0.29, 0.717) is 24.2 Å². The monoisotopic (exact) mass is 325 g/mol. The molecule has 6 heteroatoms. The minimum atomic E-state index is -0.300. The number of carbonyl (C=O) groups is 1. The van der Waals surface area contributed by atoms with Crippen LogP contribution in [0.25, 0.3) is 0 Å². The quantitative estimate of drug-likeness (QED) is 0.624. The summed E-state index contributed by atoms with van der Waals surface area (Å²) in [5, 5.41) is 13.5. The largest absolute Gasteiger partial charge is 0.390 e. The highest BCUT2D eigenvalue weighted by atomic mass is 16.5. The molecule has 132 valence electrons. The van der Waals surface area contributed by atoms with Gasteiger partial charge in [0.05, 0.1) is 12.7 Å². The van der Waals surface area contributed by atoms with Crippen molar-refractivity contribution >= 4 is 6.41 Å². The molecule has 3 aliphatic heterocycles. The number of methoxy groups -OCH3 is 1. The van der Waals surface area contributed by atoms with Gasteiger partial charge in [0, 0.05) is 44.4 Å². The number of hydrogen-bond donors (Lipinski definition) is 2. The molecule has 2 N–H and O–H groups in total. The number of aliphatic hydroxyl groups excluding tert-OH is 1. The highest BCUT2D eigenvalue weighted by molar-refractivity contribution is 5.46. The van der Waals surface area contributed by atoms with Gasteiger partial charge in [-0.25, -0.2) is 0 Å². The summed E-state index contributed by atoms with van der Waals surface area (Å²) in [6.45, 7) is 3.35. The second kappa shape index (κ2) is 7.92. The van der Waals surface area contributed by atoms with E-state index in [0.717, 1.165) is 45.5 Å². The Kier molecular flexibility index (Phi) is 5.91. The van der Waals surface area contributed by atoms with Gasteiger partial charge in [0.25, 0.3) is 0 Å². The molecule has 0 aliphatic carbocycles. The maximum atomic E-state index is 10.7. The highest BCUT2D eigenvalue weighted by Crippen LogP contribution is 2.35. The van der Waals surface area contributed by atoms with Crippen LogP contribution in [-0.4, -0.2) is 84.9 Å². The Hall–Kier alpha value is -0.690. The highest BCUT2D eigenvalue weighted by Gasteiger charge is 2.41. The lowest BCUT2D eigenvalue weighted by Crippen LogP contribution is -2.52. The summed E-state index contributed by atoms with van der Waals surface area (Å²) in [6, 6.07) is 1.83. The molecule has 0 aromatic carbocycles. The number of amides is 1. The fourth-order valence-corrected chi connectivity index (χ4v) is 4.89. The number of ether oxygens (including phenoxy) is 1. The summed E-state index contributed by atoms with van der Waals surface area (Å²) in [4.78, 5) is 15.5. The summed E-state index contributed by atoms with van der Waals surface area (Å²) < 4.78 is 5.30. The zero-order valence-electron chi connectivity index (χ0n) is 14.2. The number of piperidine rings is 1. The summed E-state index contributed by atoms with van der Waals surface area (Å²) in [5.41, 5.74) is 0. The average molecular weight is 325 g/mol. The number of hydrogen-bond acceptors (Lipinski definition) is 5. The summed E-state index contributed by atoms with van der Waals surface area (Å²) in [6.07, 6.45) is 7.36. The van der Waals surface area contributed by atoms with Crippen molar-refractivity contribution in [1.82, 2.24) is 15.1 Å².